The molecular weight excluding hydrogens is 332 g/mol. The minimum absolute atomic E-state index is 0.127. The second-order valence-electron chi connectivity index (χ2n) is 5.99. The van der Waals surface area contributed by atoms with Crippen molar-refractivity contribution in [2.45, 2.75) is 13.8 Å². The number of carbonyl (C=O) groups is 1. The minimum atomic E-state index is -0.281. The van der Waals surface area contributed by atoms with Gasteiger partial charge in [0.15, 0.2) is 11.5 Å². The van der Waals surface area contributed by atoms with Gasteiger partial charge in [-0.25, -0.2) is 0 Å². The van der Waals surface area contributed by atoms with Gasteiger partial charge in [0.1, 0.15) is 0 Å². The van der Waals surface area contributed by atoms with Gasteiger partial charge in [0, 0.05) is 22.2 Å². The first-order valence-corrected chi connectivity index (χ1v) is 8.11. The molecule has 0 aliphatic carbocycles. The lowest BCUT2D eigenvalue weighted by atomic mass is 10.1. The number of amides is 1. The van der Waals surface area contributed by atoms with Crippen LogP contribution in [0.4, 0.5) is 5.69 Å². The highest BCUT2D eigenvalue weighted by atomic mass is 16.5. The predicted molar refractivity (Wildman–Crippen MR) is 102 cm³/mol. The van der Waals surface area contributed by atoms with E-state index >= 15 is 0 Å². The van der Waals surface area contributed by atoms with Crippen LogP contribution in [-0.4, -0.2) is 25.1 Å². The predicted octanol–water partition coefficient (Wildman–Crippen LogP) is 3.41. The van der Waals surface area contributed by atoms with Crippen molar-refractivity contribution in [1.82, 2.24) is 4.98 Å². The number of carbonyl (C=O) groups excluding carboxylic acids is 1. The number of hydrogen-bond donors (Lipinski definition) is 2. The Balaban J connectivity index is 1.92. The van der Waals surface area contributed by atoms with Gasteiger partial charge in [0.25, 0.3) is 11.5 Å². The van der Waals surface area contributed by atoms with E-state index in [1.165, 1.54) is 14.2 Å². The Labute approximate surface area is 150 Å². The molecule has 0 aliphatic heterocycles. The van der Waals surface area contributed by atoms with Gasteiger partial charge >= 0.3 is 0 Å². The first kappa shape index (κ1) is 17.5. The smallest absolute Gasteiger partial charge is 0.255 e. The van der Waals surface area contributed by atoms with Crippen LogP contribution < -0.4 is 20.3 Å². The summed E-state index contributed by atoms with van der Waals surface area (Å²) in [6.07, 6.45) is 0. The molecule has 2 N–H and O–H groups in total. The second-order valence-corrected chi connectivity index (χ2v) is 5.99. The van der Waals surface area contributed by atoms with Crippen LogP contribution in [0.15, 0.2) is 41.2 Å². The number of fused-ring (bicyclic) bond motifs is 1. The molecule has 0 bridgehead atoms. The summed E-state index contributed by atoms with van der Waals surface area (Å²) in [5.74, 6) is 0.753. The highest BCUT2D eigenvalue weighted by molar-refractivity contribution is 6.05. The molecule has 26 heavy (non-hydrogen) atoms. The van der Waals surface area contributed by atoms with Crippen LogP contribution in [0.2, 0.25) is 0 Å². The molecule has 0 saturated heterocycles. The highest BCUT2D eigenvalue weighted by Gasteiger charge is 2.12. The number of hydrogen-bond acceptors (Lipinski definition) is 4. The fourth-order valence-corrected chi connectivity index (χ4v) is 2.82. The van der Waals surface area contributed by atoms with Crippen molar-refractivity contribution in [2.75, 3.05) is 19.5 Å². The summed E-state index contributed by atoms with van der Waals surface area (Å²) in [6, 6.07) is 10.4. The number of nitrogens with one attached hydrogen (secondary N) is 2. The van der Waals surface area contributed by atoms with Gasteiger partial charge in [-0.3, -0.25) is 9.59 Å². The van der Waals surface area contributed by atoms with E-state index in [0.717, 1.165) is 10.9 Å². The lowest BCUT2D eigenvalue weighted by Crippen LogP contribution is -2.14. The molecule has 1 aromatic heterocycles. The largest absolute Gasteiger partial charge is 0.493 e. The molecule has 0 atom stereocenters. The molecule has 0 fully saturated rings. The summed E-state index contributed by atoms with van der Waals surface area (Å²) < 4.78 is 10.4. The van der Waals surface area contributed by atoms with Gasteiger partial charge < -0.3 is 19.8 Å². The van der Waals surface area contributed by atoms with Gasteiger partial charge in [0.05, 0.1) is 19.7 Å². The van der Waals surface area contributed by atoms with E-state index in [4.69, 9.17) is 9.47 Å². The molecule has 0 saturated carbocycles. The number of H-pyrrole nitrogens is 1. The number of benzene rings is 2. The van der Waals surface area contributed by atoms with Crippen molar-refractivity contribution in [2.24, 2.45) is 0 Å². The molecular formula is C20H20N2O4. The van der Waals surface area contributed by atoms with E-state index in [-0.39, 0.29) is 11.5 Å². The number of aromatic amines is 1. The van der Waals surface area contributed by atoms with Gasteiger partial charge in [-0.05, 0) is 49.7 Å². The van der Waals surface area contributed by atoms with Gasteiger partial charge in [-0.1, -0.05) is 6.07 Å². The molecule has 0 aliphatic rings. The van der Waals surface area contributed by atoms with Crippen molar-refractivity contribution in [1.29, 1.82) is 0 Å². The Hall–Kier alpha value is -3.28. The lowest BCUT2D eigenvalue weighted by Gasteiger charge is -2.11. The summed E-state index contributed by atoms with van der Waals surface area (Å²) in [5.41, 5.74) is 3.22. The zero-order valence-corrected chi connectivity index (χ0v) is 15.1. The molecule has 134 valence electrons. The molecule has 6 heteroatoms. The average Bonchev–Trinajstić information content (AvgIpc) is 2.65. The Kier molecular flexibility index (Phi) is 4.67. The Morgan fingerprint density at radius 2 is 1.69 bits per heavy atom. The topological polar surface area (TPSA) is 80.4 Å². The molecule has 0 spiro atoms. The molecule has 1 amide bonds. The van der Waals surface area contributed by atoms with E-state index in [2.05, 4.69) is 10.3 Å². The first-order valence-electron chi connectivity index (χ1n) is 8.11. The van der Waals surface area contributed by atoms with Gasteiger partial charge in [0.2, 0.25) is 0 Å². The number of ether oxygens (including phenoxy) is 2. The van der Waals surface area contributed by atoms with Crippen molar-refractivity contribution in [3.8, 4) is 11.5 Å². The molecule has 3 aromatic rings. The molecule has 0 radical (unpaired) electrons. The molecule has 2 aromatic carbocycles. The summed E-state index contributed by atoms with van der Waals surface area (Å²) in [4.78, 5) is 27.3. The van der Waals surface area contributed by atoms with Crippen LogP contribution in [-0.2, 0) is 0 Å². The third kappa shape index (κ3) is 3.13. The quantitative estimate of drug-likeness (QED) is 0.754. The number of methoxy groups -OCH3 is 2. The number of pyridine rings is 1. The maximum atomic E-state index is 12.5. The fraction of sp³-hybridized carbons (Fsp3) is 0.200. The summed E-state index contributed by atoms with van der Waals surface area (Å²) in [5, 5.41) is 3.79. The van der Waals surface area contributed by atoms with Crippen LogP contribution in [0.3, 0.4) is 0 Å². The SMILES string of the molecule is COc1ccc(C(=O)Nc2ccc3c(C)c(C)c(=O)[nH]c3c2)cc1OC. The zero-order chi connectivity index (χ0) is 18.8. The number of anilines is 1. The first-order chi connectivity index (χ1) is 12.4. The Morgan fingerprint density at radius 3 is 2.38 bits per heavy atom. The third-order valence-corrected chi connectivity index (χ3v) is 4.48. The van der Waals surface area contributed by atoms with Crippen LogP contribution >= 0.6 is 0 Å². The van der Waals surface area contributed by atoms with E-state index in [9.17, 15) is 9.59 Å². The third-order valence-electron chi connectivity index (χ3n) is 4.48. The number of aromatic nitrogens is 1. The lowest BCUT2D eigenvalue weighted by molar-refractivity contribution is 0.102. The van der Waals surface area contributed by atoms with E-state index in [0.29, 0.717) is 33.8 Å². The van der Waals surface area contributed by atoms with E-state index in [1.54, 1.807) is 31.2 Å². The van der Waals surface area contributed by atoms with Crippen molar-refractivity contribution < 1.29 is 14.3 Å². The van der Waals surface area contributed by atoms with E-state index < -0.39 is 0 Å². The van der Waals surface area contributed by atoms with Crippen molar-refractivity contribution in [3.05, 3.63) is 63.4 Å². The van der Waals surface area contributed by atoms with E-state index in [1.807, 2.05) is 19.1 Å². The molecule has 1 heterocycles. The standard InChI is InChI=1S/C20H20N2O4/c1-11-12(2)19(23)22-16-10-14(6-7-15(11)16)21-20(24)13-5-8-17(25-3)18(9-13)26-4/h5-10H,1-4H3,(H,21,24)(H,22,23). The Bertz CT molecular complexity index is 1050. The molecule has 6 nitrogen and oxygen atoms in total. The highest BCUT2D eigenvalue weighted by Crippen LogP contribution is 2.28. The fourth-order valence-electron chi connectivity index (χ4n) is 2.82. The Morgan fingerprint density at radius 1 is 0.962 bits per heavy atom. The maximum Gasteiger partial charge on any atom is 0.255 e. The molecule has 3 rings (SSSR count). The summed E-state index contributed by atoms with van der Waals surface area (Å²) in [7, 11) is 3.06. The zero-order valence-electron chi connectivity index (χ0n) is 15.1. The van der Waals surface area contributed by atoms with Crippen LogP contribution in [0.1, 0.15) is 21.5 Å². The van der Waals surface area contributed by atoms with Crippen LogP contribution in [0.5, 0.6) is 11.5 Å². The second kappa shape index (κ2) is 6.92. The maximum absolute atomic E-state index is 12.5. The monoisotopic (exact) mass is 352 g/mol. The molecule has 0 unspecified atom stereocenters. The summed E-state index contributed by atoms with van der Waals surface area (Å²) >= 11 is 0. The number of aryl methyl sites for hydroxylation is 1. The van der Waals surface area contributed by atoms with Crippen LogP contribution in [0, 0.1) is 13.8 Å². The van der Waals surface area contributed by atoms with Crippen molar-refractivity contribution >= 4 is 22.5 Å². The average molecular weight is 352 g/mol. The minimum Gasteiger partial charge on any atom is -0.493 e. The number of rotatable bonds is 4. The van der Waals surface area contributed by atoms with Crippen molar-refractivity contribution in [3.63, 3.8) is 0 Å². The normalized spacial score (nSPS) is 10.6. The van der Waals surface area contributed by atoms with Gasteiger partial charge in [-0.2, -0.15) is 0 Å². The van der Waals surface area contributed by atoms with Crippen LogP contribution in [0.25, 0.3) is 10.9 Å². The van der Waals surface area contributed by atoms with Gasteiger partial charge in [-0.15, -0.1) is 0 Å². The summed E-state index contributed by atoms with van der Waals surface area (Å²) in [6.45, 7) is 3.70.